The monoisotopic (exact) mass is 241 g/mol. The van der Waals surface area contributed by atoms with E-state index >= 15 is 0 Å². The molecule has 6 heteroatoms. The maximum Gasteiger partial charge on any atom is 0.328 e. The fraction of sp³-hybridized carbons (Fsp3) is 0.400. The van der Waals surface area contributed by atoms with Crippen molar-refractivity contribution in [3.8, 4) is 0 Å². The molecular formula is C10H12ClN3O2. The first-order valence-electron chi connectivity index (χ1n) is 4.88. The van der Waals surface area contributed by atoms with Gasteiger partial charge in [0.2, 0.25) is 0 Å². The molecule has 1 N–H and O–H groups in total. The number of nitrogens with zero attached hydrogens (tertiary/aromatic N) is 3. The summed E-state index contributed by atoms with van der Waals surface area (Å²) in [4.78, 5) is 18.6. The van der Waals surface area contributed by atoms with Gasteiger partial charge in [0.05, 0.1) is 11.1 Å². The third-order valence-corrected chi connectivity index (χ3v) is 3.00. The summed E-state index contributed by atoms with van der Waals surface area (Å²) in [5.41, 5.74) is 0. The van der Waals surface area contributed by atoms with Crippen molar-refractivity contribution in [2.24, 2.45) is 0 Å². The molecule has 1 saturated heterocycles. The average Bonchev–Trinajstić information content (AvgIpc) is 2.46. The van der Waals surface area contributed by atoms with Crippen LogP contribution >= 0.6 is 11.6 Å². The molecule has 2 atom stereocenters. The van der Waals surface area contributed by atoms with Crippen LogP contribution in [0.25, 0.3) is 0 Å². The smallest absolute Gasteiger partial charge is 0.328 e. The average molecular weight is 242 g/mol. The number of pyridine rings is 1. The highest BCUT2D eigenvalue weighted by molar-refractivity contribution is 6.30. The van der Waals surface area contributed by atoms with Crippen molar-refractivity contribution < 1.29 is 9.90 Å². The number of halogens is 1. The van der Waals surface area contributed by atoms with E-state index in [1.165, 1.54) is 16.0 Å². The summed E-state index contributed by atoms with van der Waals surface area (Å²) in [5.74, 6) is 0.401. The van der Waals surface area contributed by atoms with Crippen LogP contribution in [-0.4, -0.2) is 40.3 Å². The van der Waals surface area contributed by atoms with E-state index in [9.17, 15) is 9.90 Å². The lowest BCUT2D eigenvalue weighted by Crippen LogP contribution is -2.36. The highest BCUT2D eigenvalue weighted by atomic mass is 35.5. The summed E-state index contributed by atoms with van der Waals surface area (Å²) in [7, 11) is 1.64. The van der Waals surface area contributed by atoms with Crippen molar-refractivity contribution in [1.29, 1.82) is 0 Å². The fourth-order valence-electron chi connectivity index (χ4n) is 1.62. The van der Waals surface area contributed by atoms with Crippen molar-refractivity contribution in [1.82, 2.24) is 9.88 Å². The Morgan fingerprint density at radius 2 is 2.19 bits per heavy atom. The maximum atomic E-state index is 11.8. The van der Waals surface area contributed by atoms with E-state index in [1.807, 2.05) is 0 Å². The number of urea groups is 1. The fourth-order valence-corrected chi connectivity index (χ4v) is 1.73. The second kappa shape index (κ2) is 3.92. The van der Waals surface area contributed by atoms with E-state index in [2.05, 4.69) is 4.98 Å². The van der Waals surface area contributed by atoms with Crippen LogP contribution in [0.1, 0.15) is 6.92 Å². The Balaban J connectivity index is 2.34. The SMILES string of the molecule is CC1C(O)N(c2ccc(Cl)cn2)C(=O)N1C. The van der Waals surface area contributed by atoms with Crippen molar-refractivity contribution in [3.63, 3.8) is 0 Å². The second-order valence-electron chi connectivity index (χ2n) is 3.75. The second-order valence-corrected chi connectivity index (χ2v) is 4.19. The van der Waals surface area contributed by atoms with Crippen LogP contribution in [0.2, 0.25) is 5.02 Å². The molecule has 2 heterocycles. The molecule has 1 fully saturated rings. The predicted octanol–water partition coefficient (Wildman–Crippen LogP) is 1.31. The van der Waals surface area contributed by atoms with Gasteiger partial charge >= 0.3 is 6.03 Å². The topological polar surface area (TPSA) is 56.7 Å². The van der Waals surface area contributed by atoms with Gasteiger partial charge in [-0.3, -0.25) is 0 Å². The minimum Gasteiger partial charge on any atom is -0.371 e. The van der Waals surface area contributed by atoms with Gasteiger partial charge in [0.25, 0.3) is 0 Å². The molecule has 1 aromatic heterocycles. The molecule has 0 radical (unpaired) electrons. The van der Waals surface area contributed by atoms with Crippen molar-refractivity contribution in [3.05, 3.63) is 23.4 Å². The molecule has 86 valence electrons. The molecule has 2 rings (SSSR count). The summed E-state index contributed by atoms with van der Waals surface area (Å²) in [6.45, 7) is 1.78. The Labute approximate surface area is 98.2 Å². The molecule has 2 unspecified atom stereocenters. The molecule has 0 aromatic carbocycles. The number of hydrogen-bond donors (Lipinski definition) is 1. The molecule has 0 aliphatic carbocycles. The lowest BCUT2D eigenvalue weighted by Gasteiger charge is -2.18. The van der Waals surface area contributed by atoms with Crippen LogP contribution in [0.15, 0.2) is 18.3 Å². The molecule has 5 nitrogen and oxygen atoms in total. The van der Waals surface area contributed by atoms with E-state index in [1.54, 1.807) is 26.1 Å². The molecular weight excluding hydrogens is 230 g/mol. The first kappa shape index (κ1) is 11.2. The van der Waals surface area contributed by atoms with Crippen molar-refractivity contribution in [2.45, 2.75) is 19.2 Å². The van der Waals surface area contributed by atoms with E-state index in [0.717, 1.165) is 0 Å². The highest BCUT2D eigenvalue weighted by Crippen LogP contribution is 2.25. The number of aliphatic hydroxyl groups excluding tert-OH is 1. The Kier molecular flexibility index (Phi) is 2.73. The lowest BCUT2D eigenvalue weighted by molar-refractivity contribution is 0.138. The van der Waals surface area contributed by atoms with E-state index < -0.39 is 6.23 Å². The van der Waals surface area contributed by atoms with Crippen molar-refractivity contribution >= 4 is 23.4 Å². The maximum absolute atomic E-state index is 11.8. The third kappa shape index (κ3) is 1.62. The largest absolute Gasteiger partial charge is 0.371 e. The minimum atomic E-state index is -0.883. The predicted molar refractivity (Wildman–Crippen MR) is 60.4 cm³/mol. The summed E-state index contributed by atoms with van der Waals surface area (Å²) in [5, 5.41) is 10.4. The Hall–Kier alpha value is -1.33. The third-order valence-electron chi connectivity index (χ3n) is 2.77. The molecule has 0 saturated carbocycles. The van der Waals surface area contributed by atoms with Gasteiger partial charge in [-0.25, -0.2) is 14.7 Å². The van der Waals surface area contributed by atoms with Crippen LogP contribution in [0.3, 0.4) is 0 Å². The van der Waals surface area contributed by atoms with Crippen LogP contribution in [0.5, 0.6) is 0 Å². The number of amides is 2. The normalized spacial score (nSPS) is 25.4. The van der Waals surface area contributed by atoms with Gasteiger partial charge in [-0.15, -0.1) is 0 Å². The number of aromatic nitrogens is 1. The first-order valence-corrected chi connectivity index (χ1v) is 5.26. The van der Waals surface area contributed by atoms with Crippen LogP contribution in [0, 0.1) is 0 Å². The number of rotatable bonds is 1. The quantitative estimate of drug-likeness (QED) is 0.807. The first-order chi connectivity index (χ1) is 7.52. The number of carbonyl (C=O) groups excluding carboxylic acids is 1. The summed E-state index contributed by atoms with van der Waals surface area (Å²) < 4.78 is 0. The zero-order valence-electron chi connectivity index (χ0n) is 8.96. The van der Waals surface area contributed by atoms with Gasteiger partial charge in [-0.1, -0.05) is 11.6 Å². The Bertz CT molecular complexity index is 409. The Morgan fingerprint density at radius 3 is 2.62 bits per heavy atom. The molecule has 1 aliphatic heterocycles. The van der Waals surface area contributed by atoms with Crippen LogP contribution in [-0.2, 0) is 0 Å². The van der Waals surface area contributed by atoms with E-state index in [0.29, 0.717) is 10.8 Å². The van der Waals surface area contributed by atoms with Gasteiger partial charge < -0.3 is 10.0 Å². The number of hydrogen-bond acceptors (Lipinski definition) is 3. The zero-order chi connectivity index (χ0) is 11.9. The Morgan fingerprint density at radius 1 is 1.50 bits per heavy atom. The summed E-state index contributed by atoms with van der Waals surface area (Å²) in [6, 6.07) is 2.71. The highest BCUT2D eigenvalue weighted by Gasteiger charge is 2.41. The molecule has 1 aliphatic rings. The van der Waals surface area contributed by atoms with Gasteiger partial charge in [0.1, 0.15) is 5.82 Å². The van der Waals surface area contributed by atoms with Crippen LogP contribution < -0.4 is 4.90 Å². The van der Waals surface area contributed by atoms with Gasteiger partial charge in [-0.05, 0) is 19.1 Å². The molecule has 2 amide bonds. The molecule has 0 bridgehead atoms. The summed E-state index contributed by atoms with van der Waals surface area (Å²) in [6.07, 6.45) is 0.561. The van der Waals surface area contributed by atoms with Gasteiger partial charge in [0.15, 0.2) is 6.23 Å². The van der Waals surface area contributed by atoms with Crippen LogP contribution in [0.4, 0.5) is 10.6 Å². The van der Waals surface area contributed by atoms with Crippen molar-refractivity contribution in [2.75, 3.05) is 11.9 Å². The van der Waals surface area contributed by atoms with Gasteiger partial charge in [0, 0.05) is 13.2 Å². The number of carbonyl (C=O) groups is 1. The standard InChI is InChI=1S/C10H12ClN3O2/c1-6-9(15)14(10(16)13(6)2)8-4-3-7(11)5-12-8/h3-6,9,15H,1-2H3. The summed E-state index contributed by atoms with van der Waals surface area (Å²) >= 11 is 5.71. The number of likely N-dealkylation sites (N-methyl/N-ethyl adjacent to an activating group) is 1. The molecule has 16 heavy (non-hydrogen) atoms. The number of anilines is 1. The van der Waals surface area contributed by atoms with Gasteiger partial charge in [-0.2, -0.15) is 0 Å². The molecule has 0 spiro atoms. The molecule has 1 aromatic rings. The lowest BCUT2D eigenvalue weighted by atomic mass is 10.3. The number of aliphatic hydroxyl groups is 1. The van der Waals surface area contributed by atoms with E-state index in [-0.39, 0.29) is 12.1 Å². The minimum absolute atomic E-state index is 0.259. The van der Waals surface area contributed by atoms with E-state index in [4.69, 9.17) is 11.6 Å². The zero-order valence-corrected chi connectivity index (χ0v) is 9.72.